The minimum Gasteiger partial charge on any atom is -0.493 e. The molecule has 2 aliphatic rings. The van der Waals surface area contributed by atoms with Crippen LogP contribution in [0.15, 0.2) is 51.4 Å². The Kier molecular flexibility index (Phi) is 7.69. The van der Waals surface area contributed by atoms with Crippen LogP contribution in [-0.2, 0) is 14.6 Å². The number of sulfone groups is 1. The maximum atomic E-state index is 12.6. The third kappa shape index (κ3) is 5.86. The summed E-state index contributed by atoms with van der Waals surface area (Å²) in [6, 6.07) is 11.2. The fraction of sp³-hybridized carbons (Fsp3) is 0.280. The Balaban J connectivity index is 1.43. The standard InChI is InChI=1S/C25H26N4O6S2/c1-15-6-7-16(2)20(12-15)35-11-5-10-34-19-9-8-17(14-21(19)33-3)13-18-22(26)29-24(27-23(18)30)36-28-25(29)37(4,31)32/h6-9,12-14,26H,5,10-11H2,1-4H3/b18-13-,26-22?. The summed E-state index contributed by atoms with van der Waals surface area (Å²) in [6.45, 7) is 4.92. The third-order valence-electron chi connectivity index (χ3n) is 5.47. The van der Waals surface area contributed by atoms with Crippen molar-refractivity contribution < 1.29 is 27.4 Å². The number of nitrogens with zero attached hydrogens (tertiary/aromatic N) is 3. The minimum absolute atomic E-state index is 0.0374. The molecular weight excluding hydrogens is 516 g/mol. The van der Waals surface area contributed by atoms with Crippen LogP contribution in [0.25, 0.3) is 6.08 Å². The topological polar surface area (TPSA) is 131 Å². The molecule has 1 N–H and O–H groups in total. The molecule has 0 aliphatic carbocycles. The highest BCUT2D eigenvalue weighted by Gasteiger charge is 2.41. The second-order valence-electron chi connectivity index (χ2n) is 8.41. The largest absolute Gasteiger partial charge is 0.493 e. The Bertz CT molecular complexity index is 1460. The zero-order valence-corrected chi connectivity index (χ0v) is 22.4. The highest BCUT2D eigenvalue weighted by Crippen LogP contribution is 2.32. The Hall–Kier alpha value is -3.64. The van der Waals surface area contributed by atoms with Crippen molar-refractivity contribution in [2.75, 3.05) is 26.6 Å². The van der Waals surface area contributed by atoms with Gasteiger partial charge in [0.25, 0.3) is 5.91 Å². The Morgan fingerprint density at radius 2 is 1.78 bits per heavy atom. The van der Waals surface area contributed by atoms with Crippen molar-refractivity contribution >= 4 is 49.9 Å². The SMILES string of the molecule is COc1cc(/C=C2/C(=N)N3C(=NC2=O)SN=C3S(C)(=O)=O)ccc1OCCCOc1cc(C)ccc1C. The van der Waals surface area contributed by atoms with Crippen molar-refractivity contribution in [1.82, 2.24) is 4.90 Å². The number of carbonyl (C=O) groups excluding carboxylic acids is 1. The van der Waals surface area contributed by atoms with E-state index in [1.165, 1.54) is 13.2 Å². The van der Waals surface area contributed by atoms with E-state index in [1.54, 1.807) is 18.2 Å². The van der Waals surface area contributed by atoms with Gasteiger partial charge in [-0.15, -0.1) is 0 Å². The summed E-state index contributed by atoms with van der Waals surface area (Å²) < 4.78 is 45.1. The molecule has 194 valence electrons. The summed E-state index contributed by atoms with van der Waals surface area (Å²) in [7, 11) is -2.22. The van der Waals surface area contributed by atoms with Gasteiger partial charge in [0, 0.05) is 12.7 Å². The molecule has 0 spiro atoms. The molecule has 37 heavy (non-hydrogen) atoms. The molecule has 4 rings (SSSR count). The van der Waals surface area contributed by atoms with Gasteiger partial charge in [0.15, 0.2) is 11.5 Å². The molecule has 2 aliphatic heterocycles. The number of aryl methyl sites for hydroxylation is 2. The second kappa shape index (κ2) is 10.8. The molecule has 0 aromatic heterocycles. The molecular formula is C25H26N4O6S2. The molecule has 12 heteroatoms. The maximum Gasteiger partial charge on any atom is 0.283 e. The number of hydrogen-bond acceptors (Lipinski definition) is 9. The van der Waals surface area contributed by atoms with Crippen LogP contribution in [0.2, 0.25) is 0 Å². The summed E-state index contributed by atoms with van der Waals surface area (Å²) in [5, 5.41) is 8.16. The summed E-state index contributed by atoms with van der Waals surface area (Å²) >= 11 is 0.746. The first-order chi connectivity index (χ1) is 17.6. The molecule has 0 atom stereocenters. The summed E-state index contributed by atoms with van der Waals surface area (Å²) in [6.07, 6.45) is 3.10. The highest BCUT2D eigenvalue weighted by molar-refractivity contribution is 8.16. The number of amides is 1. The predicted octanol–water partition coefficient (Wildman–Crippen LogP) is 3.78. The lowest BCUT2D eigenvalue weighted by Gasteiger charge is -2.23. The van der Waals surface area contributed by atoms with Gasteiger partial charge in [0.05, 0.1) is 37.8 Å². The van der Waals surface area contributed by atoms with Crippen molar-refractivity contribution in [3.05, 3.63) is 58.7 Å². The number of fused-ring (bicyclic) bond motifs is 1. The molecule has 0 saturated heterocycles. The van der Waals surface area contributed by atoms with Crippen molar-refractivity contribution in [2.24, 2.45) is 9.39 Å². The number of hydrogen-bond donors (Lipinski definition) is 1. The summed E-state index contributed by atoms with van der Waals surface area (Å²) in [4.78, 5) is 17.5. The summed E-state index contributed by atoms with van der Waals surface area (Å²) in [5.74, 6) is 0.851. The quantitative estimate of drug-likeness (QED) is 0.303. The highest BCUT2D eigenvalue weighted by atomic mass is 32.2. The normalized spacial score (nSPS) is 16.4. The molecule has 0 fully saturated rings. The molecule has 0 bridgehead atoms. The smallest absolute Gasteiger partial charge is 0.283 e. The molecule has 0 saturated carbocycles. The zero-order chi connectivity index (χ0) is 26.7. The van der Waals surface area contributed by atoms with Crippen molar-refractivity contribution in [3.8, 4) is 17.2 Å². The molecule has 0 radical (unpaired) electrons. The fourth-order valence-electron chi connectivity index (χ4n) is 3.58. The van der Waals surface area contributed by atoms with E-state index in [4.69, 9.17) is 19.6 Å². The van der Waals surface area contributed by atoms with Crippen LogP contribution in [0.5, 0.6) is 17.2 Å². The van der Waals surface area contributed by atoms with Crippen LogP contribution in [-0.4, -0.2) is 62.0 Å². The van der Waals surface area contributed by atoms with Crippen LogP contribution in [0.3, 0.4) is 0 Å². The number of nitrogens with one attached hydrogen (secondary N) is 1. The second-order valence-corrected chi connectivity index (χ2v) is 11.0. The van der Waals surface area contributed by atoms with Gasteiger partial charge in [0.2, 0.25) is 20.2 Å². The Morgan fingerprint density at radius 1 is 1.05 bits per heavy atom. The minimum atomic E-state index is -3.72. The average Bonchev–Trinajstić information content (AvgIpc) is 3.28. The predicted molar refractivity (Wildman–Crippen MR) is 144 cm³/mol. The molecule has 2 aromatic rings. The lowest BCUT2D eigenvalue weighted by molar-refractivity contribution is -0.114. The number of amidine groups is 3. The Morgan fingerprint density at radius 3 is 2.49 bits per heavy atom. The average molecular weight is 543 g/mol. The van der Waals surface area contributed by atoms with Gasteiger partial charge in [-0.3, -0.25) is 10.2 Å². The van der Waals surface area contributed by atoms with Gasteiger partial charge in [-0.1, -0.05) is 18.2 Å². The van der Waals surface area contributed by atoms with Gasteiger partial charge < -0.3 is 14.2 Å². The van der Waals surface area contributed by atoms with Crippen LogP contribution in [0.1, 0.15) is 23.1 Å². The van der Waals surface area contributed by atoms with Crippen molar-refractivity contribution in [3.63, 3.8) is 0 Å². The molecule has 10 nitrogen and oxygen atoms in total. The Labute approximate surface area is 219 Å². The third-order valence-corrected chi connectivity index (χ3v) is 7.23. The van der Waals surface area contributed by atoms with Gasteiger partial charge >= 0.3 is 0 Å². The van der Waals surface area contributed by atoms with Crippen LogP contribution in [0.4, 0.5) is 0 Å². The molecule has 1 amide bonds. The van der Waals surface area contributed by atoms with E-state index in [1.807, 2.05) is 32.0 Å². The fourth-order valence-corrected chi connectivity index (χ4v) is 5.43. The van der Waals surface area contributed by atoms with Crippen molar-refractivity contribution in [1.29, 1.82) is 5.41 Å². The maximum absolute atomic E-state index is 12.6. The van der Waals surface area contributed by atoms with Crippen LogP contribution in [0, 0.1) is 19.3 Å². The number of ether oxygens (including phenoxy) is 3. The van der Waals surface area contributed by atoms with E-state index < -0.39 is 15.7 Å². The first kappa shape index (κ1) is 26.4. The van der Waals surface area contributed by atoms with Crippen LogP contribution >= 0.6 is 11.9 Å². The van der Waals surface area contributed by atoms with E-state index in [0.717, 1.165) is 40.0 Å². The first-order valence-electron chi connectivity index (χ1n) is 11.3. The molecule has 0 unspecified atom stereocenters. The molecule has 2 heterocycles. The van der Waals surface area contributed by atoms with Gasteiger partial charge in [-0.2, -0.15) is 9.39 Å². The zero-order valence-electron chi connectivity index (χ0n) is 20.8. The van der Waals surface area contributed by atoms with Crippen molar-refractivity contribution in [2.45, 2.75) is 20.3 Å². The number of aliphatic imine (C=N–C) groups is 1. The number of benzene rings is 2. The van der Waals surface area contributed by atoms with E-state index in [9.17, 15) is 13.2 Å². The summed E-state index contributed by atoms with van der Waals surface area (Å²) in [5.41, 5.74) is 2.70. The van der Waals surface area contributed by atoms with Gasteiger partial charge in [-0.25, -0.2) is 13.3 Å². The number of rotatable bonds is 8. The molecule has 2 aromatic carbocycles. The lowest BCUT2D eigenvalue weighted by Crippen LogP contribution is -2.45. The number of carbonyl (C=O) groups is 1. The lowest BCUT2D eigenvalue weighted by atomic mass is 10.1. The monoisotopic (exact) mass is 542 g/mol. The van der Waals surface area contributed by atoms with E-state index >= 15 is 0 Å². The van der Waals surface area contributed by atoms with Crippen LogP contribution < -0.4 is 14.2 Å². The van der Waals surface area contributed by atoms with E-state index in [2.05, 4.69) is 9.39 Å². The van der Waals surface area contributed by atoms with E-state index in [0.29, 0.717) is 36.7 Å². The number of methoxy groups -OCH3 is 1. The van der Waals surface area contributed by atoms with Gasteiger partial charge in [-0.05, 0) is 54.8 Å². The first-order valence-corrected chi connectivity index (χ1v) is 13.9. The van der Waals surface area contributed by atoms with E-state index in [-0.39, 0.29) is 21.7 Å². The van der Waals surface area contributed by atoms with Gasteiger partial charge in [0.1, 0.15) is 11.6 Å².